The lowest BCUT2D eigenvalue weighted by Gasteiger charge is -2.14. The van der Waals surface area contributed by atoms with Crippen LogP contribution in [-0.4, -0.2) is 58.3 Å². The summed E-state index contributed by atoms with van der Waals surface area (Å²) >= 11 is 0. The van der Waals surface area contributed by atoms with Crippen molar-refractivity contribution in [3.05, 3.63) is 12.2 Å². The SMILES string of the molecule is Cn1cnc(CNC(=O)NC(CCS(C)(=O)=O)C(=O)O)n1. The van der Waals surface area contributed by atoms with E-state index in [1.54, 1.807) is 7.05 Å². The first-order valence-electron chi connectivity index (χ1n) is 5.97. The van der Waals surface area contributed by atoms with Crippen LogP contribution in [0.4, 0.5) is 4.79 Å². The topological polar surface area (TPSA) is 143 Å². The molecule has 0 aliphatic carbocycles. The lowest BCUT2D eigenvalue weighted by atomic mass is 10.2. The third-order valence-electron chi connectivity index (χ3n) is 2.43. The molecule has 1 heterocycles. The monoisotopic (exact) mass is 319 g/mol. The van der Waals surface area contributed by atoms with Gasteiger partial charge < -0.3 is 15.7 Å². The third-order valence-corrected chi connectivity index (χ3v) is 3.41. The fourth-order valence-electron chi connectivity index (χ4n) is 1.42. The van der Waals surface area contributed by atoms with Gasteiger partial charge >= 0.3 is 12.0 Å². The van der Waals surface area contributed by atoms with Crippen LogP contribution < -0.4 is 10.6 Å². The van der Waals surface area contributed by atoms with Crippen LogP contribution in [-0.2, 0) is 28.2 Å². The molecule has 11 heteroatoms. The zero-order valence-corrected chi connectivity index (χ0v) is 12.4. The Hall–Kier alpha value is -2.17. The second kappa shape index (κ2) is 7.02. The van der Waals surface area contributed by atoms with Crippen molar-refractivity contribution in [1.82, 2.24) is 25.4 Å². The molecule has 2 amide bonds. The molecule has 1 aromatic heterocycles. The van der Waals surface area contributed by atoms with Gasteiger partial charge in [-0.15, -0.1) is 0 Å². The molecule has 0 bridgehead atoms. The van der Waals surface area contributed by atoms with E-state index in [-0.39, 0.29) is 18.7 Å². The number of carboxylic acid groups (broad SMARTS) is 1. The van der Waals surface area contributed by atoms with Crippen molar-refractivity contribution in [3.63, 3.8) is 0 Å². The maximum atomic E-state index is 11.6. The predicted octanol–water partition coefficient (Wildman–Crippen LogP) is -1.50. The average molecular weight is 319 g/mol. The summed E-state index contributed by atoms with van der Waals surface area (Å²) in [7, 11) is -1.63. The number of hydrogen-bond acceptors (Lipinski definition) is 6. The molecule has 0 saturated heterocycles. The Balaban J connectivity index is 2.47. The molecule has 0 aliphatic heterocycles. The van der Waals surface area contributed by atoms with Crippen molar-refractivity contribution in [1.29, 1.82) is 0 Å². The number of nitrogens with zero attached hydrogens (tertiary/aromatic N) is 3. The first-order valence-corrected chi connectivity index (χ1v) is 8.03. The summed E-state index contributed by atoms with van der Waals surface area (Å²) < 4.78 is 23.5. The largest absolute Gasteiger partial charge is 0.480 e. The van der Waals surface area contributed by atoms with Crippen LogP contribution in [0, 0.1) is 0 Å². The Labute approximate surface area is 121 Å². The van der Waals surface area contributed by atoms with Gasteiger partial charge in [0.15, 0.2) is 5.82 Å². The minimum Gasteiger partial charge on any atom is -0.480 e. The summed E-state index contributed by atoms with van der Waals surface area (Å²) in [6.07, 6.45) is 2.25. The number of urea groups is 1. The Morgan fingerprint density at radius 2 is 2.14 bits per heavy atom. The number of aromatic nitrogens is 3. The van der Waals surface area contributed by atoms with Gasteiger partial charge in [-0.2, -0.15) is 5.10 Å². The fraction of sp³-hybridized carbons (Fsp3) is 0.600. The number of carbonyl (C=O) groups is 2. The molecular weight excluding hydrogens is 302 g/mol. The first-order chi connectivity index (χ1) is 9.67. The summed E-state index contributed by atoms with van der Waals surface area (Å²) in [5, 5.41) is 17.5. The van der Waals surface area contributed by atoms with Crippen molar-refractivity contribution in [2.24, 2.45) is 7.05 Å². The van der Waals surface area contributed by atoms with Crippen LogP contribution in [0.3, 0.4) is 0 Å². The van der Waals surface area contributed by atoms with Crippen LogP contribution in [0.5, 0.6) is 0 Å². The van der Waals surface area contributed by atoms with E-state index in [4.69, 9.17) is 5.11 Å². The zero-order chi connectivity index (χ0) is 16.0. The smallest absolute Gasteiger partial charge is 0.326 e. The molecule has 0 aromatic carbocycles. The molecule has 118 valence electrons. The quantitative estimate of drug-likeness (QED) is 0.555. The standard InChI is InChI=1S/C10H17N5O5S/c1-15-6-12-8(14-15)5-11-10(18)13-7(9(16)17)3-4-21(2,19)20/h6-7H,3-5H2,1-2H3,(H,16,17)(H2,11,13,18). The maximum Gasteiger partial charge on any atom is 0.326 e. The average Bonchev–Trinajstić information content (AvgIpc) is 2.76. The molecule has 0 fully saturated rings. The van der Waals surface area contributed by atoms with Crippen molar-refractivity contribution in [2.75, 3.05) is 12.0 Å². The lowest BCUT2D eigenvalue weighted by molar-refractivity contribution is -0.139. The number of aliphatic carboxylic acids is 1. The van der Waals surface area contributed by atoms with Gasteiger partial charge in [0.2, 0.25) is 0 Å². The summed E-state index contributed by atoms with van der Waals surface area (Å²) in [6.45, 7) is 0.0328. The van der Waals surface area contributed by atoms with E-state index in [1.165, 1.54) is 11.0 Å². The second-order valence-corrected chi connectivity index (χ2v) is 6.73. The number of aryl methyl sites for hydroxylation is 1. The summed E-state index contributed by atoms with van der Waals surface area (Å²) in [6, 6.07) is -2.01. The second-order valence-electron chi connectivity index (χ2n) is 4.47. The molecule has 1 aromatic rings. The maximum absolute atomic E-state index is 11.6. The van der Waals surface area contributed by atoms with E-state index < -0.39 is 27.9 Å². The number of nitrogens with one attached hydrogen (secondary N) is 2. The van der Waals surface area contributed by atoms with Gasteiger partial charge in [-0.25, -0.2) is 23.0 Å². The highest BCUT2D eigenvalue weighted by molar-refractivity contribution is 7.90. The highest BCUT2D eigenvalue weighted by atomic mass is 32.2. The molecule has 3 N–H and O–H groups in total. The Bertz CT molecular complexity index is 611. The number of carbonyl (C=O) groups excluding carboxylic acids is 1. The molecule has 0 saturated carbocycles. The molecule has 21 heavy (non-hydrogen) atoms. The summed E-state index contributed by atoms with van der Waals surface area (Å²) in [5.74, 6) is -1.26. The minimum absolute atomic E-state index is 0.0328. The fourth-order valence-corrected chi connectivity index (χ4v) is 2.09. The van der Waals surface area contributed by atoms with Gasteiger partial charge in [-0.3, -0.25) is 4.68 Å². The molecular formula is C10H17N5O5S. The third kappa shape index (κ3) is 6.70. The van der Waals surface area contributed by atoms with Crippen LogP contribution in [0.15, 0.2) is 6.33 Å². The van der Waals surface area contributed by atoms with Gasteiger partial charge in [-0.1, -0.05) is 0 Å². The van der Waals surface area contributed by atoms with E-state index in [0.29, 0.717) is 5.82 Å². The van der Waals surface area contributed by atoms with Crippen LogP contribution in [0.2, 0.25) is 0 Å². The Morgan fingerprint density at radius 1 is 1.48 bits per heavy atom. The predicted molar refractivity (Wildman–Crippen MR) is 72.1 cm³/mol. The van der Waals surface area contributed by atoms with Crippen molar-refractivity contribution < 1.29 is 23.1 Å². The number of hydrogen-bond donors (Lipinski definition) is 3. The van der Waals surface area contributed by atoms with Crippen LogP contribution in [0.1, 0.15) is 12.2 Å². The van der Waals surface area contributed by atoms with E-state index in [1.807, 2.05) is 0 Å². The highest BCUT2D eigenvalue weighted by Gasteiger charge is 2.21. The van der Waals surface area contributed by atoms with Crippen LogP contribution in [0.25, 0.3) is 0 Å². The lowest BCUT2D eigenvalue weighted by Crippen LogP contribution is -2.46. The van der Waals surface area contributed by atoms with Crippen molar-refractivity contribution >= 4 is 21.8 Å². The van der Waals surface area contributed by atoms with Crippen LogP contribution >= 0.6 is 0 Å². The molecule has 1 atom stereocenters. The molecule has 1 unspecified atom stereocenters. The van der Waals surface area contributed by atoms with Gasteiger partial charge in [-0.05, 0) is 6.42 Å². The van der Waals surface area contributed by atoms with Crippen molar-refractivity contribution in [2.45, 2.75) is 19.0 Å². The summed E-state index contributed by atoms with van der Waals surface area (Å²) in [4.78, 5) is 26.4. The van der Waals surface area contributed by atoms with Gasteiger partial charge in [0.05, 0.1) is 12.3 Å². The number of amides is 2. The molecule has 0 spiro atoms. The van der Waals surface area contributed by atoms with E-state index in [9.17, 15) is 18.0 Å². The highest BCUT2D eigenvalue weighted by Crippen LogP contribution is 1.97. The zero-order valence-electron chi connectivity index (χ0n) is 11.6. The van der Waals surface area contributed by atoms with Crippen molar-refractivity contribution in [3.8, 4) is 0 Å². The Morgan fingerprint density at radius 3 is 2.62 bits per heavy atom. The van der Waals surface area contributed by atoms with Gasteiger partial charge in [0.1, 0.15) is 22.2 Å². The van der Waals surface area contributed by atoms with E-state index in [0.717, 1.165) is 6.26 Å². The van der Waals surface area contributed by atoms with Gasteiger partial charge in [0.25, 0.3) is 0 Å². The minimum atomic E-state index is -3.30. The van der Waals surface area contributed by atoms with E-state index in [2.05, 4.69) is 20.7 Å². The number of carboxylic acids is 1. The number of sulfone groups is 1. The first kappa shape index (κ1) is 16.9. The van der Waals surface area contributed by atoms with E-state index >= 15 is 0 Å². The molecule has 10 nitrogen and oxygen atoms in total. The molecule has 0 aliphatic rings. The number of rotatable bonds is 7. The summed E-state index contributed by atoms with van der Waals surface area (Å²) in [5.41, 5.74) is 0. The molecule has 0 radical (unpaired) electrons. The molecule has 1 rings (SSSR count). The Kier molecular flexibility index (Phi) is 5.64. The normalized spacial score (nSPS) is 12.7. The van der Waals surface area contributed by atoms with Gasteiger partial charge in [0, 0.05) is 13.3 Å².